The number of anilines is 2. The zero-order valence-electron chi connectivity index (χ0n) is 18.9. The molecule has 0 radical (unpaired) electrons. The highest BCUT2D eigenvalue weighted by Crippen LogP contribution is 2.53. The van der Waals surface area contributed by atoms with Crippen molar-refractivity contribution in [1.29, 1.82) is 0 Å². The topological polar surface area (TPSA) is 91.3 Å². The predicted octanol–water partition coefficient (Wildman–Crippen LogP) is 3.21. The smallest absolute Gasteiger partial charge is 0.249 e. The van der Waals surface area contributed by atoms with Gasteiger partial charge >= 0.3 is 0 Å². The summed E-state index contributed by atoms with van der Waals surface area (Å²) in [5, 5.41) is 9.09. The minimum Gasteiger partial charge on any atom is -0.495 e. The molecule has 0 saturated carbocycles. The molecule has 3 amide bonds. The fourth-order valence-electron chi connectivity index (χ4n) is 5.46. The molecule has 6 rings (SSSR count). The minimum atomic E-state index is -0.953. The lowest BCUT2D eigenvalue weighted by Crippen LogP contribution is -2.46. The van der Waals surface area contributed by atoms with E-state index in [1.807, 2.05) is 42.5 Å². The van der Waals surface area contributed by atoms with E-state index in [0.717, 1.165) is 11.1 Å². The molecular weight excluding hydrogens is 444 g/mol. The predicted molar refractivity (Wildman–Crippen MR) is 130 cm³/mol. The maximum absolute atomic E-state index is 13.9. The molecule has 174 valence electrons. The van der Waals surface area contributed by atoms with Crippen molar-refractivity contribution < 1.29 is 19.1 Å². The zero-order valence-corrected chi connectivity index (χ0v) is 18.9. The van der Waals surface area contributed by atoms with Gasteiger partial charge in [-0.1, -0.05) is 54.6 Å². The Bertz CT molecular complexity index is 1370. The fraction of sp³-hybridized carbons (Fsp3) is 0.185. The van der Waals surface area contributed by atoms with Crippen molar-refractivity contribution in [2.24, 2.45) is 16.9 Å². The summed E-state index contributed by atoms with van der Waals surface area (Å²) in [6, 6.07) is 22.1. The molecule has 0 aromatic heterocycles. The number of methoxy groups -OCH3 is 1. The third-order valence-corrected chi connectivity index (χ3v) is 6.93. The molecule has 3 aromatic rings. The molecule has 4 atom stereocenters. The average Bonchev–Trinajstić information content (AvgIpc) is 3.37. The number of hydrazone groups is 1. The average molecular weight is 466 g/mol. The monoisotopic (exact) mass is 466 g/mol. The molecule has 3 aromatic carbocycles. The summed E-state index contributed by atoms with van der Waals surface area (Å²) in [6.07, 6.45) is 1.68. The minimum absolute atomic E-state index is 0.360. The SMILES string of the molecule is COc1ccccc1N1C(=O)[C@@H]2[C@H](C1=O)[C@H](C(=O)Nc1ccccc1)N1N=Cc3ccccc3[C@@H]21. The van der Waals surface area contributed by atoms with Gasteiger partial charge in [-0.3, -0.25) is 19.4 Å². The summed E-state index contributed by atoms with van der Waals surface area (Å²) in [5.74, 6) is -2.42. The fourth-order valence-corrected chi connectivity index (χ4v) is 5.46. The van der Waals surface area contributed by atoms with E-state index >= 15 is 0 Å². The lowest BCUT2D eigenvalue weighted by molar-refractivity contribution is -0.129. The molecule has 2 saturated heterocycles. The van der Waals surface area contributed by atoms with Crippen molar-refractivity contribution >= 4 is 35.3 Å². The number of benzene rings is 3. The largest absolute Gasteiger partial charge is 0.495 e. The number of nitrogens with zero attached hydrogens (tertiary/aromatic N) is 3. The van der Waals surface area contributed by atoms with Gasteiger partial charge in [0.1, 0.15) is 11.8 Å². The Morgan fingerprint density at radius 3 is 2.37 bits per heavy atom. The molecule has 35 heavy (non-hydrogen) atoms. The van der Waals surface area contributed by atoms with Crippen LogP contribution in [-0.4, -0.2) is 42.1 Å². The zero-order chi connectivity index (χ0) is 24.1. The van der Waals surface area contributed by atoms with E-state index in [9.17, 15) is 14.4 Å². The summed E-state index contributed by atoms with van der Waals surface area (Å²) in [5.41, 5.74) is 2.72. The number of amides is 3. The van der Waals surface area contributed by atoms with E-state index in [0.29, 0.717) is 17.1 Å². The van der Waals surface area contributed by atoms with Crippen LogP contribution in [0.3, 0.4) is 0 Å². The number of carbonyl (C=O) groups excluding carboxylic acids is 3. The van der Waals surface area contributed by atoms with Crippen molar-refractivity contribution in [1.82, 2.24) is 5.01 Å². The molecule has 8 heteroatoms. The quantitative estimate of drug-likeness (QED) is 0.597. The summed E-state index contributed by atoms with van der Waals surface area (Å²) in [7, 11) is 1.49. The Balaban J connectivity index is 1.46. The van der Waals surface area contributed by atoms with Gasteiger partial charge in [0.2, 0.25) is 17.7 Å². The molecule has 0 bridgehead atoms. The van der Waals surface area contributed by atoms with Gasteiger partial charge in [0, 0.05) is 5.69 Å². The van der Waals surface area contributed by atoms with Gasteiger partial charge in [0.05, 0.1) is 36.9 Å². The van der Waals surface area contributed by atoms with Crippen LogP contribution in [0.2, 0.25) is 0 Å². The third kappa shape index (κ3) is 3.13. The Labute approximate surface area is 201 Å². The molecule has 2 fully saturated rings. The van der Waals surface area contributed by atoms with E-state index < -0.39 is 29.8 Å². The van der Waals surface area contributed by atoms with E-state index in [4.69, 9.17) is 4.74 Å². The Morgan fingerprint density at radius 1 is 0.886 bits per heavy atom. The van der Waals surface area contributed by atoms with E-state index in [1.165, 1.54) is 12.0 Å². The maximum atomic E-state index is 13.9. The number of imide groups is 1. The molecular formula is C27H22N4O4. The number of ether oxygens (including phenoxy) is 1. The molecule has 3 aliphatic rings. The second-order valence-corrected chi connectivity index (χ2v) is 8.73. The first-order valence-corrected chi connectivity index (χ1v) is 11.4. The summed E-state index contributed by atoms with van der Waals surface area (Å²) >= 11 is 0. The van der Waals surface area contributed by atoms with E-state index in [1.54, 1.807) is 47.6 Å². The van der Waals surface area contributed by atoms with Crippen LogP contribution in [-0.2, 0) is 14.4 Å². The lowest BCUT2D eigenvalue weighted by Gasteiger charge is -2.33. The van der Waals surface area contributed by atoms with Gasteiger partial charge in [-0.25, -0.2) is 4.90 Å². The van der Waals surface area contributed by atoms with Crippen molar-refractivity contribution in [3.63, 3.8) is 0 Å². The van der Waals surface area contributed by atoms with Crippen LogP contribution < -0.4 is 15.0 Å². The normalized spacial score (nSPS) is 24.1. The number of para-hydroxylation sites is 3. The van der Waals surface area contributed by atoms with Crippen LogP contribution in [0.25, 0.3) is 0 Å². The molecule has 0 unspecified atom stereocenters. The Hall–Kier alpha value is -4.46. The third-order valence-electron chi connectivity index (χ3n) is 6.93. The summed E-state index contributed by atoms with van der Waals surface area (Å²) < 4.78 is 5.43. The van der Waals surface area contributed by atoms with Crippen LogP contribution >= 0.6 is 0 Å². The van der Waals surface area contributed by atoms with Gasteiger partial charge in [-0.05, 0) is 35.4 Å². The lowest BCUT2D eigenvalue weighted by atomic mass is 9.85. The van der Waals surface area contributed by atoms with Crippen molar-refractivity contribution in [2.45, 2.75) is 12.1 Å². The molecule has 0 spiro atoms. The first-order valence-electron chi connectivity index (χ1n) is 11.4. The van der Waals surface area contributed by atoms with Crippen molar-refractivity contribution in [3.8, 4) is 5.75 Å². The maximum Gasteiger partial charge on any atom is 0.249 e. The number of nitrogens with one attached hydrogen (secondary N) is 1. The van der Waals surface area contributed by atoms with Crippen molar-refractivity contribution in [3.05, 3.63) is 90.0 Å². The molecule has 1 N–H and O–H groups in total. The number of hydrogen-bond acceptors (Lipinski definition) is 6. The first-order chi connectivity index (χ1) is 17.1. The second-order valence-electron chi connectivity index (χ2n) is 8.73. The van der Waals surface area contributed by atoms with Crippen LogP contribution in [0, 0.1) is 11.8 Å². The van der Waals surface area contributed by atoms with Crippen LogP contribution in [0.1, 0.15) is 17.2 Å². The highest BCUT2D eigenvalue weighted by molar-refractivity contribution is 6.25. The Morgan fingerprint density at radius 2 is 1.57 bits per heavy atom. The van der Waals surface area contributed by atoms with Crippen LogP contribution in [0.4, 0.5) is 11.4 Å². The molecule has 3 heterocycles. The molecule has 0 aliphatic carbocycles. The summed E-state index contributed by atoms with van der Waals surface area (Å²) in [4.78, 5) is 42.6. The van der Waals surface area contributed by atoms with Gasteiger partial charge in [0.15, 0.2) is 0 Å². The highest BCUT2D eigenvalue weighted by Gasteiger charge is 2.65. The number of rotatable bonds is 4. The molecule has 3 aliphatic heterocycles. The van der Waals surface area contributed by atoms with E-state index in [2.05, 4.69) is 10.4 Å². The Kier molecular flexibility index (Phi) is 4.88. The van der Waals surface area contributed by atoms with Gasteiger partial charge in [0.25, 0.3) is 0 Å². The van der Waals surface area contributed by atoms with Gasteiger partial charge in [-0.15, -0.1) is 0 Å². The highest BCUT2D eigenvalue weighted by atomic mass is 16.5. The van der Waals surface area contributed by atoms with E-state index in [-0.39, 0.29) is 11.8 Å². The van der Waals surface area contributed by atoms with Gasteiger partial charge < -0.3 is 10.1 Å². The standard InChI is InChI=1S/C27H22N4O4/c1-35-20-14-8-7-13-19(20)30-26(33)21-22(27(30)34)24(25(32)29-17-10-3-2-4-11-17)31-23(21)18-12-6-5-9-16(18)15-28-31/h2-15,21-24H,1H3,(H,29,32)/t21-,22+,23+,24-/m1/s1. The number of fused-ring (bicyclic) bond motifs is 5. The molecule has 8 nitrogen and oxygen atoms in total. The summed E-state index contributed by atoms with van der Waals surface area (Å²) in [6.45, 7) is 0. The second kappa shape index (κ2) is 8.09. The van der Waals surface area contributed by atoms with Crippen LogP contribution in [0.15, 0.2) is 84.0 Å². The number of hydrogen-bond donors (Lipinski definition) is 1. The number of carbonyl (C=O) groups is 3. The van der Waals surface area contributed by atoms with Crippen molar-refractivity contribution in [2.75, 3.05) is 17.3 Å². The van der Waals surface area contributed by atoms with Gasteiger partial charge in [-0.2, -0.15) is 5.10 Å². The van der Waals surface area contributed by atoms with Crippen LogP contribution in [0.5, 0.6) is 5.75 Å². The first kappa shape index (κ1) is 21.1.